The van der Waals surface area contributed by atoms with E-state index < -0.39 is 28.1 Å². The number of imidazole rings is 1. The number of ether oxygens (including phenoxy) is 2. The first kappa shape index (κ1) is 55.3. The number of hydrogen-bond acceptors (Lipinski definition) is 13. The number of piperidine rings is 1. The van der Waals surface area contributed by atoms with Gasteiger partial charge in [0.2, 0.25) is 0 Å². The Hall–Kier alpha value is -6.64. The highest BCUT2D eigenvalue weighted by Crippen LogP contribution is 2.54. The molecule has 5 aliphatic rings. The molecule has 3 heterocycles. The number of hydroxylamine groups is 1. The Morgan fingerprint density at radius 1 is 0.950 bits per heavy atom. The van der Waals surface area contributed by atoms with Gasteiger partial charge < -0.3 is 40.1 Å². The molecule has 19 heteroatoms. The number of rotatable bonds is 17. The summed E-state index contributed by atoms with van der Waals surface area (Å²) < 4.78 is 82.8. The van der Waals surface area contributed by atoms with Crippen LogP contribution in [0.25, 0.3) is 16.9 Å². The number of H-pyrrole nitrogens is 1. The molecule has 4 N–H and O–H groups in total. The van der Waals surface area contributed by atoms with Crippen molar-refractivity contribution < 1.29 is 41.0 Å². The number of piperazine rings is 1. The fourth-order valence-corrected chi connectivity index (χ4v) is 14.2. The van der Waals surface area contributed by atoms with Gasteiger partial charge >= 0.3 is 6.61 Å². The highest BCUT2D eigenvalue weighted by Gasteiger charge is 2.50. The Bertz CT molecular complexity index is 3380. The van der Waals surface area contributed by atoms with E-state index in [-0.39, 0.29) is 67.6 Å². The second kappa shape index (κ2) is 22.4. The van der Waals surface area contributed by atoms with Crippen molar-refractivity contribution in [3.05, 3.63) is 142 Å². The molecule has 1 atom stereocenters. The Kier molecular flexibility index (Phi) is 15.5. The van der Waals surface area contributed by atoms with Crippen LogP contribution in [0.3, 0.4) is 0 Å². The van der Waals surface area contributed by atoms with Gasteiger partial charge in [0.1, 0.15) is 33.5 Å². The molecular weight excluding hydrogens is 1050 g/mol. The Balaban J connectivity index is 0.801. The van der Waals surface area contributed by atoms with Gasteiger partial charge in [-0.15, -0.1) is 0 Å². The predicted octanol–water partition coefficient (Wildman–Crippen LogP) is 11.7. The van der Waals surface area contributed by atoms with Crippen molar-refractivity contribution in [1.29, 1.82) is 0 Å². The van der Waals surface area contributed by atoms with E-state index in [1.54, 1.807) is 48.5 Å². The first-order valence-electron chi connectivity index (χ1n) is 27.9. The number of alkyl halides is 2. The predicted molar refractivity (Wildman–Crippen MR) is 305 cm³/mol. The largest absolute Gasteiger partial charge is 0.758 e. The van der Waals surface area contributed by atoms with E-state index in [4.69, 9.17) is 4.74 Å². The number of aromatic amines is 1. The Labute approximate surface area is 465 Å². The number of amides is 1. The first-order chi connectivity index (χ1) is 38.3. The number of fused-ring (bicyclic) bond motifs is 2. The minimum Gasteiger partial charge on any atom is -0.758 e. The summed E-state index contributed by atoms with van der Waals surface area (Å²) in [6.07, 6.45) is 10.2. The van der Waals surface area contributed by atoms with Crippen molar-refractivity contribution in [3.8, 4) is 17.2 Å². The van der Waals surface area contributed by atoms with Crippen LogP contribution in [0.15, 0.2) is 108 Å². The molecule has 0 unspecified atom stereocenters. The Morgan fingerprint density at radius 3 is 2.41 bits per heavy atom. The number of sulfonamides is 1. The number of nitrogens with one attached hydrogen (secondary N) is 3. The molecule has 2 aliphatic heterocycles. The second-order valence-electron chi connectivity index (χ2n) is 23.3. The van der Waals surface area contributed by atoms with E-state index in [1.165, 1.54) is 36.6 Å². The molecule has 0 radical (unpaired) electrons. The monoisotopic (exact) mass is 1120 g/mol. The van der Waals surface area contributed by atoms with Gasteiger partial charge in [0.25, 0.3) is 15.9 Å². The number of carbonyl (C=O) groups is 1. The lowest BCUT2D eigenvalue weighted by Gasteiger charge is -2.58. The minimum atomic E-state index is -4.68. The van der Waals surface area contributed by atoms with Crippen molar-refractivity contribution in [2.24, 2.45) is 11.3 Å². The lowest BCUT2D eigenvalue weighted by Crippen LogP contribution is -2.60. The number of nitrogens with zero attached hydrogens (tertiary/aromatic N) is 5. The van der Waals surface area contributed by atoms with E-state index in [0.29, 0.717) is 60.6 Å². The van der Waals surface area contributed by atoms with Crippen molar-refractivity contribution in [1.82, 2.24) is 24.5 Å². The summed E-state index contributed by atoms with van der Waals surface area (Å²) >= 11 is 0. The maximum atomic E-state index is 14.9. The normalized spacial score (nSPS) is 21.6. The van der Waals surface area contributed by atoms with Crippen molar-refractivity contribution in [2.45, 2.75) is 120 Å². The Morgan fingerprint density at radius 2 is 1.69 bits per heavy atom. The number of hydrogen-bond donors (Lipinski definition) is 4. The molecule has 3 aliphatic carbocycles. The van der Waals surface area contributed by atoms with E-state index in [9.17, 15) is 36.7 Å². The summed E-state index contributed by atoms with van der Waals surface area (Å²) in [6, 6.07) is 27.7. The SMILES string of the molecule is CC(C)c1ccccc1[C@@H]1CN(Cc2ccc(OC(F)F)cc2)CCN1C1CC2(CCN(c3ccc(C(=O)NS(=O)(=O)c4cc(N(C)[O-])c(NCC5CCC(C)(O)CC5)c5[nH]cnc45)c(Oc4ccc5c(c4)C(F)=CC5)c3)CC2)C1. The topological polar surface area (TPSA) is 179 Å². The molecule has 1 spiro atoms. The number of aromatic nitrogens is 2. The minimum absolute atomic E-state index is 0.0315. The summed E-state index contributed by atoms with van der Waals surface area (Å²) in [5.41, 5.74) is 5.81. The lowest BCUT2D eigenvalue weighted by molar-refractivity contribution is -0.0628. The molecule has 15 nitrogen and oxygen atoms in total. The van der Waals surface area contributed by atoms with Gasteiger partial charge in [0.15, 0.2) is 0 Å². The molecule has 11 rings (SSSR count). The van der Waals surface area contributed by atoms with Crippen LogP contribution < -0.4 is 29.5 Å². The number of benzene rings is 5. The maximum absolute atomic E-state index is 14.9. The van der Waals surface area contributed by atoms with E-state index >= 15 is 0 Å². The van der Waals surface area contributed by atoms with Gasteiger partial charge in [0, 0.05) is 75.2 Å². The van der Waals surface area contributed by atoms with Crippen molar-refractivity contribution in [3.63, 3.8) is 0 Å². The highest BCUT2D eigenvalue weighted by atomic mass is 32.2. The smallest absolute Gasteiger partial charge is 0.387 e. The lowest BCUT2D eigenvalue weighted by atomic mass is 9.59. The fourth-order valence-electron chi connectivity index (χ4n) is 13.0. The molecular formula is C61H70F3N8O7S-. The van der Waals surface area contributed by atoms with Crippen LogP contribution >= 0.6 is 0 Å². The number of aliphatic hydroxyl groups is 1. The zero-order chi connectivity index (χ0) is 56.1. The van der Waals surface area contributed by atoms with Crippen LogP contribution in [0, 0.1) is 16.5 Å². The molecule has 424 valence electrons. The summed E-state index contributed by atoms with van der Waals surface area (Å²) in [5.74, 6) is -0.273. The molecule has 5 aromatic carbocycles. The van der Waals surface area contributed by atoms with Gasteiger partial charge in [-0.2, -0.15) is 8.78 Å². The van der Waals surface area contributed by atoms with Gasteiger partial charge in [-0.1, -0.05) is 56.3 Å². The number of halogens is 3. The number of carbonyl (C=O) groups excluding carboxylic acids is 1. The summed E-state index contributed by atoms with van der Waals surface area (Å²) in [6.45, 7) is 8.74. The van der Waals surface area contributed by atoms with Gasteiger partial charge in [-0.3, -0.25) is 14.6 Å². The highest BCUT2D eigenvalue weighted by molar-refractivity contribution is 7.90. The molecule has 1 aromatic heterocycles. The molecule has 2 saturated carbocycles. The van der Waals surface area contributed by atoms with Crippen LogP contribution in [0.5, 0.6) is 17.2 Å². The van der Waals surface area contributed by atoms with E-state index in [0.717, 1.165) is 88.1 Å². The van der Waals surface area contributed by atoms with Crippen LogP contribution in [0.2, 0.25) is 0 Å². The van der Waals surface area contributed by atoms with Gasteiger partial charge in [-0.05, 0) is 160 Å². The average Bonchev–Trinajstić information content (AvgIpc) is 3.77. The third kappa shape index (κ3) is 11.6. The van der Waals surface area contributed by atoms with Crippen LogP contribution in [-0.2, 0) is 23.0 Å². The summed E-state index contributed by atoms with van der Waals surface area (Å²) in [5, 5.41) is 27.5. The standard InChI is InChI=1S/C61H70F3N8O7S/c1-38(2)46-7-5-6-8-47(46)52-36-70(35-40-9-14-44(15-10-40)79-59(63)64)27-28-72(52)43-32-61(33-43)23-25-71(26-24-61)42-13-17-48(53(29-42)78-45-16-11-41-12-18-50(62)49(41)30-45)58(73)68-80(76,77)54-31-51(69(4)75)55(57-56(54)66-37-67-57)65-34-39-19-21-60(3,74)22-20-39/h5-11,13-18,29-31,37-39,43,52,59,65,74H,12,19-28,32-36H2,1-4H3,(H,66,67)(H,68,73)/q-1/t39?,52-,60?/m0/s1. The zero-order valence-electron chi connectivity index (χ0n) is 45.7. The van der Waals surface area contributed by atoms with Crippen molar-refractivity contribution >= 4 is 49.9 Å². The van der Waals surface area contributed by atoms with Gasteiger partial charge in [0.05, 0.1) is 34.4 Å². The van der Waals surface area contributed by atoms with E-state index in [1.807, 2.05) is 19.1 Å². The van der Waals surface area contributed by atoms with Crippen LogP contribution in [0.4, 0.5) is 30.2 Å². The van der Waals surface area contributed by atoms with Crippen LogP contribution in [-0.4, -0.2) is 104 Å². The molecule has 1 amide bonds. The second-order valence-corrected chi connectivity index (χ2v) is 25.0. The quantitative estimate of drug-likeness (QED) is 0.0635. The van der Waals surface area contributed by atoms with Gasteiger partial charge in [-0.25, -0.2) is 22.5 Å². The summed E-state index contributed by atoms with van der Waals surface area (Å²) in [4.78, 5) is 28.9. The number of anilines is 3. The van der Waals surface area contributed by atoms with Crippen LogP contribution in [0.1, 0.15) is 122 Å². The van der Waals surface area contributed by atoms with E-state index in [2.05, 4.69) is 77.6 Å². The zero-order valence-corrected chi connectivity index (χ0v) is 46.5. The average molecular weight is 1120 g/mol. The van der Waals surface area contributed by atoms with Crippen molar-refractivity contribution in [2.75, 3.05) is 61.6 Å². The first-order valence-corrected chi connectivity index (χ1v) is 29.4. The fraction of sp³-hybridized carbons (Fsp3) is 0.443. The third-order valence-electron chi connectivity index (χ3n) is 17.6. The molecule has 4 fully saturated rings. The molecule has 0 bridgehead atoms. The summed E-state index contributed by atoms with van der Waals surface area (Å²) in [7, 11) is -3.41. The number of allylic oxidation sites excluding steroid dienone is 1. The molecule has 6 aromatic rings. The molecule has 80 heavy (non-hydrogen) atoms. The maximum Gasteiger partial charge on any atom is 0.387 e. The molecule has 2 saturated heterocycles. The third-order valence-corrected chi connectivity index (χ3v) is 18.9.